The molecule has 0 aromatic rings. The van der Waals surface area contributed by atoms with Gasteiger partial charge < -0.3 is 58.2 Å². The maximum atomic E-state index is 11.5. The van der Waals surface area contributed by atoms with Crippen molar-refractivity contribution >= 4 is 29.3 Å². The van der Waals surface area contributed by atoms with Crippen LogP contribution in [0.25, 0.3) is 0 Å². The van der Waals surface area contributed by atoms with Crippen LogP contribution in [0.3, 0.4) is 0 Å². The molecule has 2 unspecified atom stereocenters. The third-order valence-electron chi connectivity index (χ3n) is 5.33. The monoisotopic (exact) mass is 602 g/mol. The summed E-state index contributed by atoms with van der Waals surface area (Å²) in [5, 5.41) is 40.8. The molecule has 0 aliphatic carbocycles. The van der Waals surface area contributed by atoms with E-state index in [1.54, 1.807) is 0 Å². The van der Waals surface area contributed by atoms with E-state index in [-0.39, 0.29) is 39.6 Å². The summed E-state index contributed by atoms with van der Waals surface area (Å²) in [6, 6.07) is 1.26. The largest absolute Gasteiger partial charge is 0.447 e. The van der Waals surface area contributed by atoms with Gasteiger partial charge in [-0.05, 0) is 57.3 Å². The molecule has 0 spiro atoms. The van der Waals surface area contributed by atoms with Crippen LogP contribution in [0.15, 0.2) is 0 Å². The second-order valence-corrected chi connectivity index (χ2v) is 15.6. The normalized spacial score (nSPS) is 14.3. The minimum absolute atomic E-state index is 0.0232. The van der Waals surface area contributed by atoms with Crippen LogP contribution in [0.2, 0.25) is 25.2 Å². The lowest BCUT2D eigenvalue weighted by atomic mass is 10.5. The molecule has 2 amide bonds. The van der Waals surface area contributed by atoms with Crippen LogP contribution in [0.5, 0.6) is 0 Å². The summed E-state index contributed by atoms with van der Waals surface area (Å²) in [6.07, 6.45) is 1.69. The van der Waals surface area contributed by atoms with Crippen molar-refractivity contribution in [3.63, 3.8) is 0 Å². The van der Waals surface area contributed by atoms with Crippen LogP contribution >= 0.6 is 0 Å². The highest BCUT2D eigenvalue weighted by Gasteiger charge is 2.33. The van der Waals surface area contributed by atoms with Crippen LogP contribution < -0.4 is 10.6 Å². The Morgan fingerprint density at radius 3 is 1.23 bits per heavy atom. The first-order valence-electron chi connectivity index (χ1n) is 13.5. The minimum Gasteiger partial charge on any atom is -0.447 e. The number of carbonyl (C=O) groups excluding carboxylic acids is 2. The van der Waals surface area contributed by atoms with Crippen molar-refractivity contribution in [2.45, 2.75) is 57.3 Å². The summed E-state index contributed by atoms with van der Waals surface area (Å²) in [6.45, 7) is 5.71. The van der Waals surface area contributed by atoms with E-state index in [9.17, 15) is 9.59 Å². The number of hydrogen-bond acceptors (Lipinski definition) is 12. The smallest absolute Gasteiger partial charge is 0.407 e. The molecule has 0 aliphatic rings. The average molecular weight is 603 g/mol. The zero-order chi connectivity index (χ0) is 29.2. The summed E-state index contributed by atoms with van der Waals surface area (Å²) in [4.78, 5) is 23.0. The van der Waals surface area contributed by atoms with Crippen molar-refractivity contribution in [1.82, 2.24) is 10.6 Å². The first kappa shape index (κ1) is 37.7. The van der Waals surface area contributed by atoms with E-state index < -0.39 is 29.3 Å². The molecule has 0 saturated heterocycles. The first-order valence-corrected chi connectivity index (χ1v) is 18.6. The van der Waals surface area contributed by atoms with Crippen molar-refractivity contribution in [1.29, 1.82) is 0 Å². The van der Waals surface area contributed by atoms with Gasteiger partial charge in [0.25, 0.3) is 0 Å². The van der Waals surface area contributed by atoms with E-state index in [1.165, 1.54) is 0 Å². The molecule has 0 rings (SSSR count). The minimum atomic E-state index is -2.57. The maximum Gasteiger partial charge on any atom is 0.407 e. The summed E-state index contributed by atoms with van der Waals surface area (Å²) in [7, 11) is -5.13. The zero-order valence-electron chi connectivity index (χ0n) is 23.5. The lowest BCUT2D eigenvalue weighted by Gasteiger charge is -2.29. The van der Waals surface area contributed by atoms with Gasteiger partial charge in [0.15, 0.2) is 0 Å². The molecule has 2 atom stereocenters. The number of hydrogen-bond donors (Lipinski definition) is 6. The zero-order valence-corrected chi connectivity index (χ0v) is 25.5. The molecule has 0 aromatic heterocycles. The second-order valence-electron chi connectivity index (χ2n) is 8.95. The van der Waals surface area contributed by atoms with Gasteiger partial charge in [-0.1, -0.05) is 0 Å². The number of rotatable bonds is 26. The number of carbonyl (C=O) groups is 2. The number of ether oxygens (including phenoxy) is 2. The highest BCUT2D eigenvalue weighted by molar-refractivity contribution is 6.66. The Kier molecular flexibility index (Phi) is 23.6. The topological polar surface area (TPSA) is 194 Å². The number of aliphatic hydroxyl groups excluding tert-OH is 4. The van der Waals surface area contributed by atoms with Gasteiger partial charge in [0.05, 0.1) is 13.2 Å². The highest BCUT2D eigenvalue weighted by Crippen LogP contribution is 2.19. The molecule has 232 valence electrons. The molecule has 0 aliphatic heterocycles. The van der Waals surface area contributed by atoms with Gasteiger partial charge in [0, 0.05) is 52.7 Å². The second kappa shape index (κ2) is 24.5. The molecule has 16 heteroatoms. The van der Waals surface area contributed by atoms with E-state index in [4.69, 9.17) is 47.6 Å². The number of alkyl carbamates (subject to hydrolysis) is 2. The number of amides is 2. The summed E-state index contributed by atoms with van der Waals surface area (Å²) in [5.74, 6) is 0. The van der Waals surface area contributed by atoms with Crippen molar-refractivity contribution < 1.29 is 57.2 Å². The fraction of sp³-hybridized carbons (Fsp3) is 0.913. The van der Waals surface area contributed by atoms with Crippen LogP contribution in [-0.2, 0) is 27.2 Å². The Morgan fingerprint density at radius 2 is 0.897 bits per heavy atom. The van der Waals surface area contributed by atoms with Crippen molar-refractivity contribution in [3.05, 3.63) is 0 Å². The fourth-order valence-electron chi connectivity index (χ4n) is 3.29. The van der Waals surface area contributed by atoms with E-state index >= 15 is 0 Å². The lowest BCUT2D eigenvalue weighted by molar-refractivity contribution is 0.118. The third kappa shape index (κ3) is 22.1. The molecule has 0 aromatic carbocycles. The predicted octanol–water partition coefficient (Wildman–Crippen LogP) is 0.569. The molecule has 0 bridgehead atoms. The average Bonchev–Trinajstić information content (AvgIpc) is 2.91. The number of nitrogens with one attached hydrogen (secondary N) is 2. The lowest BCUT2D eigenvalue weighted by Crippen LogP contribution is -2.42. The Balaban J connectivity index is 4.58. The maximum absolute atomic E-state index is 11.5. The van der Waals surface area contributed by atoms with Gasteiger partial charge in [-0.25, -0.2) is 9.59 Å². The van der Waals surface area contributed by atoms with Crippen molar-refractivity contribution in [2.75, 3.05) is 79.2 Å². The molecule has 6 N–H and O–H groups in total. The molecule has 14 nitrogen and oxygen atoms in total. The van der Waals surface area contributed by atoms with E-state index in [0.717, 1.165) is 0 Å². The van der Waals surface area contributed by atoms with E-state index in [0.29, 0.717) is 83.7 Å². The predicted molar refractivity (Wildman–Crippen MR) is 147 cm³/mol. The van der Waals surface area contributed by atoms with Gasteiger partial charge in [-0.15, -0.1) is 0 Å². The summed E-state index contributed by atoms with van der Waals surface area (Å²) >= 11 is 0. The van der Waals surface area contributed by atoms with Crippen LogP contribution in [-0.4, -0.2) is 129 Å². The summed E-state index contributed by atoms with van der Waals surface area (Å²) in [5.41, 5.74) is 0. The quantitative estimate of drug-likeness (QED) is 0.0596. The van der Waals surface area contributed by atoms with Gasteiger partial charge in [-0.3, -0.25) is 0 Å². The van der Waals surface area contributed by atoms with Gasteiger partial charge in [0.2, 0.25) is 0 Å². The Morgan fingerprint density at radius 1 is 0.538 bits per heavy atom. The first-order chi connectivity index (χ1) is 18.7. The van der Waals surface area contributed by atoms with Crippen LogP contribution in [0.4, 0.5) is 9.59 Å². The fourth-order valence-corrected chi connectivity index (χ4v) is 7.98. The molecular formula is C23H50N2O12Si2. The Hall–Kier alpha value is -1.35. The molecule has 39 heavy (non-hydrogen) atoms. The third-order valence-corrected chi connectivity index (χ3v) is 11.1. The van der Waals surface area contributed by atoms with Gasteiger partial charge in [0.1, 0.15) is 13.2 Å². The Bertz CT molecular complexity index is 576. The number of aliphatic hydroxyl groups is 4. The van der Waals surface area contributed by atoms with E-state index in [1.807, 2.05) is 13.1 Å². The molecular weight excluding hydrogens is 552 g/mol. The van der Waals surface area contributed by atoms with Crippen molar-refractivity contribution in [2.24, 2.45) is 0 Å². The summed E-state index contributed by atoms with van der Waals surface area (Å²) < 4.78 is 33.9. The molecule has 0 saturated carbocycles. The Labute approximate surface area is 233 Å². The van der Waals surface area contributed by atoms with Gasteiger partial charge in [-0.2, -0.15) is 0 Å². The van der Waals surface area contributed by atoms with Crippen molar-refractivity contribution in [3.8, 4) is 0 Å². The standard InChI is InChI=1S/C23H50N2O12Si2/c1-38(34-14-5-10-26,20-3-8-24-22(30)32-18-12-28)36-16-7-17-37-39(2,35-15-6-11-27)21-4-9-25-23(31)33-19-13-29/h26-29H,3-21H2,1-2H3,(H,24,30)(H,25,31). The SMILES string of the molecule is C[Si](CCCNC(=O)OCCO)(OCCCO)OCCCO[Si](C)(CCCNC(=O)OCCO)OCCCO. The highest BCUT2D eigenvalue weighted by atomic mass is 28.4. The van der Waals surface area contributed by atoms with Crippen LogP contribution in [0, 0.1) is 0 Å². The molecule has 0 radical (unpaired) electrons. The van der Waals surface area contributed by atoms with Gasteiger partial charge >= 0.3 is 29.3 Å². The van der Waals surface area contributed by atoms with Crippen LogP contribution in [0.1, 0.15) is 32.1 Å². The van der Waals surface area contributed by atoms with E-state index in [2.05, 4.69) is 10.6 Å². The molecule has 0 heterocycles. The molecule has 0 fully saturated rings.